The lowest BCUT2D eigenvalue weighted by atomic mass is 9.47. The summed E-state index contributed by atoms with van der Waals surface area (Å²) in [6, 6.07) is 0. The van der Waals surface area contributed by atoms with Crippen molar-refractivity contribution in [1.82, 2.24) is 0 Å². The molecule has 2 fully saturated rings. The molecule has 0 radical (unpaired) electrons. The molecule has 3 aliphatic rings. The van der Waals surface area contributed by atoms with Crippen LogP contribution in [0.3, 0.4) is 0 Å². The highest BCUT2D eigenvalue weighted by Gasteiger charge is 2.58. The third kappa shape index (κ3) is 2.36. The molecule has 0 saturated heterocycles. The zero-order valence-corrected chi connectivity index (χ0v) is 14.9. The average Bonchev–Trinajstić information content (AvgIpc) is 2.45. The van der Waals surface area contributed by atoms with Gasteiger partial charge in [-0.2, -0.15) is 0 Å². The predicted molar refractivity (Wildman–Crippen MR) is 93.3 cm³/mol. The first-order valence-corrected chi connectivity index (χ1v) is 9.07. The summed E-state index contributed by atoms with van der Waals surface area (Å²) < 4.78 is 0. The van der Waals surface area contributed by atoms with Crippen LogP contribution in [-0.2, 0) is 0 Å². The smallest absolute Gasteiger partial charge is 0.233 e. The van der Waals surface area contributed by atoms with Gasteiger partial charge in [0, 0.05) is 19.3 Å². The summed E-state index contributed by atoms with van der Waals surface area (Å²) in [5.41, 5.74) is 2.94. The zero-order chi connectivity index (χ0) is 16.1. The summed E-state index contributed by atoms with van der Waals surface area (Å²) in [6.45, 7) is 19.3. The highest BCUT2D eigenvalue weighted by molar-refractivity contribution is 5.24. The maximum absolute atomic E-state index is 7.78. The van der Waals surface area contributed by atoms with Crippen LogP contribution in [0.2, 0.25) is 0 Å². The summed E-state index contributed by atoms with van der Waals surface area (Å²) in [5.74, 6) is 4.35. The van der Waals surface area contributed by atoms with Crippen LogP contribution in [0.4, 0.5) is 0 Å². The van der Waals surface area contributed by atoms with E-state index in [1.807, 2.05) is 0 Å². The molecule has 5 unspecified atom stereocenters. The molecule has 0 aliphatic heterocycles. The summed E-state index contributed by atoms with van der Waals surface area (Å²) in [5, 5.41) is 0. The Morgan fingerprint density at radius 3 is 2.77 bits per heavy atom. The molecule has 0 spiro atoms. The first-order chi connectivity index (χ1) is 10.4. The van der Waals surface area contributed by atoms with Gasteiger partial charge < -0.3 is 4.85 Å². The van der Waals surface area contributed by atoms with E-state index in [0.717, 1.165) is 30.6 Å². The molecule has 0 amide bonds. The van der Waals surface area contributed by atoms with Gasteiger partial charge in [0.15, 0.2) is 0 Å². The molecule has 1 nitrogen and oxygen atoms in total. The molecular weight excluding hydrogens is 266 g/mol. The molecular formula is C21H31N. The quantitative estimate of drug-likeness (QED) is 0.419. The molecule has 0 aromatic carbocycles. The third-order valence-electron chi connectivity index (χ3n) is 7.01. The molecule has 0 heterocycles. The number of allylic oxidation sites excluding steroid dienone is 4. The normalized spacial score (nSPS) is 47.0. The maximum atomic E-state index is 7.78. The summed E-state index contributed by atoms with van der Waals surface area (Å²) in [4.78, 5) is 4.13. The van der Waals surface area contributed by atoms with Crippen molar-refractivity contribution >= 4 is 0 Å². The molecule has 120 valence electrons. The first kappa shape index (κ1) is 15.9. The Bertz CT molecular complexity index is 545. The van der Waals surface area contributed by atoms with Crippen molar-refractivity contribution in [2.24, 2.45) is 35.5 Å². The van der Waals surface area contributed by atoms with Crippen molar-refractivity contribution in [1.29, 1.82) is 0 Å². The summed E-state index contributed by atoms with van der Waals surface area (Å²) >= 11 is 0. The Morgan fingerprint density at radius 2 is 2.14 bits per heavy atom. The second kappa shape index (κ2) is 5.55. The van der Waals surface area contributed by atoms with E-state index < -0.39 is 0 Å². The third-order valence-corrected chi connectivity index (χ3v) is 7.01. The van der Waals surface area contributed by atoms with Crippen LogP contribution in [-0.4, -0.2) is 5.54 Å². The minimum Gasteiger partial charge on any atom is -0.310 e. The monoisotopic (exact) mass is 297 g/mol. The lowest BCUT2D eigenvalue weighted by molar-refractivity contribution is -0.0267. The van der Waals surface area contributed by atoms with Gasteiger partial charge in [0.05, 0.1) is 0 Å². The van der Waals surface area contributed by atoms with Crippen LogP contribution < -0.4 is 0 Å². The fourth-order valence-corrected chi connectivity index (χ4v) is 6.01. The summed E-state index contributed by atoms with van der Waals surface area (Å²) in [7, 11) is 0. The Labute approximate surface area is 136 Å². The van der Waals surface area contributed by atoms with Gasteiger partial charge in [-0.05, 0) is 69.6 Å². The molecule has 2 saturated carbocycles. The van der Waals surface area contributed by atoms with Crippen molar-refractivity contribution in [3.63, 3.8) is 0 Å². The van der Waals surface area contributed by atoms with Crippen LogP contribution in [0.1, 0.15) is 60.3 Å². The van der Waals surface area contributed by atoms with E-state index in [1.165, 1.54) is 18.4 Å². The minimum atomic E-state index is -0.122. The van der Waals surface area contributed by atoms with Gasteiger partial charge in [0.25, 0.3) is 0 Å². The van der Waals surface area contributed by atoms with Gasteiger partial charge in [-0.25, -0.2) is 6.57 Å². The van der Waals surface area contributed by atoms with Crippen molar-refractivity contribution in [3.8, 4) is 0 Å². The Morgan fingerprint density at radius 1 is 1.41 bits per heavy atom. The fourth-order valence-electron chi connectivity index (χ4n) is 6.01. The van der Waals surface area contributed by atoms with E-state index in [9.17, 15) is 0 Å². The molecule has 7 atom stereocenters. The second-order valence-electron chi connectivity index (χ2n) is 8.69. The number of nitrogens with zero attached hydrogens (tertiary/aromatic N) is 1. The van der Waals surface area contributed by atoms with Gasteiger partial charge in [-0.3, -0.25) is 0 Å². The molecule has 0 aromatic rings. The van der Waals surface area contributed by atoms with Crippen molar-refractivity contribution in [2.45, 2.75) is 65.8 Å². The maximum Gasteiger partial charge on any atom is 0.233 e. The number of hydrogen-bond acceptors (Lipinski definition) is 0. The molecule has 22 heavy (non-hydrogen) atoms. The number of rotatable bonds is 1. The highest BCUT2D eigenvalue weighted by atomic mass is 14.8. The van der Waals surface area contributed by atoms with Gasteiger partial charge in [0.1, 0.15) is 0 Å². The van der Waals surface area contributed by atoms with Crippen LogP contribution in [0.5, 0.6) is 0 Å². The summed E-state index contributed by atoms with van der Waals surface area (Å²) in [6.07, 6.45) is 9.85. The Kier molecular flexibility index (Phi) is 4.00. The first-order valence-electron chi connectivity index (χ1n) is 9.07. The minimum absolute atomic E-state index is 0.122. The molecule has 0 aromatic heterocycles. The average molecular weight is 297 g/mol. The molecule has 3 rings (SSSR count). The molecule has 1 heteroatoms. The molecule has 3 aliphatic carbocycles. The van der Waals surface area contributed by atoms with Gasteiger partial charge in [-0.15, -0.1) is 0 Å². The van der Waals surface area contributed by atoms with Crippen LogP contribution in [0.25, 0.3) is 4.85 Å². The molecule has 0 bridgehead atoms. The zero-order valence-electron chi connectivity index (χ0n) is 14.9. The molecule has 0 N–H and O–H groups in total. The fraction of sp³-hybridized carbons (Fsp3) is 0.762. The number of hydrogen-bond donors (Lipinski definition) is 0. The van der Waals surface area contributed by atoms with E-state index in [4.69, 9.17) is 6.57 Å². The van der Waals surface area contributed by atoms with Gasteiger partial charge in [-0.1, -0.05) is 30.2 Å². The van der Waals surface area contributed by atoms with Crippen molar-refractivity contribution in [2.75, 3.05) is 0 Å². The topological polar surface area (TPSA) is 4.36 Å². The Balaban J connectivity index is 2.05. The van der Waals surface area contributed by atoms with Crippen LogP contribution >= 0.6 is 0 Å². The van der Waals surface area contributed by atoms with E-state index >= 15 is 0 Å². The van der Waals surface area contributed by atoms with Gasteiger partial charge in [0.2, 0.25) is 5.54 Å². The highest BCUT2D eigenvalue weighted by Crippen LogP contribution is 2.59. The Hall–Kier alpha value is -1.03. The predicted octanol–water partition coefficient (Wildman–Crippen LogP) is 5.90. The van der Waals surface area contributed by atoms with Crippen molar-refractivity contribution in [3.05, 3.63) is 34.7 Å². The largest absolute Gasteiger partial charge is 0.310 e. The lowest BCUT2D eigenvalue weighted by Gasteiger charge is -2.56. The van der Waals surface area contributed by atoms with Crippen molar-refractivity contribution < 1.29 is 0 Å². The van der Waals surface area contributed by atoms with Crippen LogP contribution in [0, 0.1) is 42.1 Å². The van der Waals surface area contributed by atoms with Crippen LogP contribution in [0.15, 0.2) is 23.3 Å². The van der Waals surface area contributed by atoms with E-state index in [2.05, 4.69) is 51.6 Å². The lowest BCUT2D eigenvalue weighted by Crippen LogP contribution is -2.54. The van der Waals surface area contributed by atoms with E-state index in [0.29, 0.717) is 17.8 Å². The SMILES string of the molecule is [C-]#[N+][C@@]1(C)CCC2C(C)CC(C=C(C)C)C3C(C)=CCC1[C@@H]23. The van der Waals surface area contributed by atoms with E-state index in [-0.39, 0.29) is 5.54 Å². The van der Waals surface area contributed by atoms with Gasteiger partial charge >= 0.3 is 0 Å². The standard InChI is InChI=1S/C21H31N/c1-13(2)11-16-12-15(4)17-9-10-21(5,22-6)18-8-7-14(3)19(16)20(17)18/h7,11,15-20H,8-10,12H2,1-5H3/t15?,16?,17?,18?,19?,20-,21+/m1/s1. The van der Waals surface area contributed by atoms with E-state index in [1.54, 1.807) is 5.57 Å². The second-order valence-corrected chi connectivity index (χ2v) is 8.69.